The van der Waals surface area contributed by atoms with Gasteiger partial charge in [-0.1, -0.05) is 91.5 Å². The molecule has 5 nitrogen and oxygen atoms in total. The van der Waals surface area contributed by atoms with Gasteiger partial charge in [-0.05, 0) is 60.5 Å². The molecule has 4 aromatic carbocycles. The summed E-state index contributed by atoms with van der Waals surface area (Å²) in [6.07, 6.45) is 5.53. The van der Waals surface area contributed by atoms with Crippen molar-refractivity contribution in [3.8, 4) is 11.1 Å². The van der Waals surface area contributed by atoms with Crippen molar-refractivity contribution in [3.63, 3.8) is 0 Å². The molecule has 0 spiro atoms. The Labute approximate surface area is 260 Å². The summed E-state index contributed by atoms with van der Waals surface area (Å²) in [6, 6.07) is 44.0. The molecule has 0 radical (unpaired) electrons. The van der Waals surface area contributed by atoms with E-state index in [-0.39, 0.29) is 0 Å². The van der Waals surface area contributed by atoms with Crippen LogP contribution >= 0.6 is 0 Å². The standard InChI is InChI=1S/C40H29N5/c1-27(44-36-21-8-6-17-32(36)34-19-11-23-41-39(34)44)26-43-38(31-16-10-15-30(25-31)29-13-4-3-5-14-29)28(2)45-37-22-9-7-18-33(37)35-20-12-24-42-40(35)45/h3-26H,1H2,2H3/b38-28+,43-26?. The predicted molar refractivity (Wildman–Crippen MR) is 189 cm³/mol. The summed E-state index contributed by atoms with van der Waals surface area (Å²) >= 11 is 0. The summed E-state index contributed by atoms with van der Waals surface area (Å²) in [4.78, 5) is 14.8. The fourth-order valence-corrected chi connectivity index (χ4v) is 6.38. The first-order valence-corrected chi connectivity index (χ1v) is 15.0. The fourth-order valence-electron chi connectivity index (χ4n) is 6.38. The van der Waals surface area contributed by atoms with Crippen LogP contribution < -0.4 is 0 Å². The van der Waals surface area contributed by atoms with Crippen LogP contribution in [0, 0.1) is 0 Å². The first-order chi connectivity index (χ1) is 22.2. The van der Waals surface area contributed by atoms with Crippen LogP contribution in [-0.4, -0.2) is 25.3 Å². The lowest BCUT2D eigenvalue weighted by Gasteiger charge is -2.14. The maximum atomic E-state index is 5.23. The highest BCUT2D eigenvalue weighted by Gasteiger charge is 2.17. The van der Waals surface area contributed by atoms with E-state index in [4.69, 9.17) is 15.0 Å². The van der Waals surface area contributed by atoms with Crippen molar-refractivity contribution in [1.82, 2.24) is 19.1 Å². The average Bonchev–Trinajstić information content (AvgIpc) is 3.62. The second kappa shape index (κ2) is 10.9. The molecule has 0 aliphatic heterocycles. The van der Waals surface area contributed by atoms with Crippen LogP contribution in [0.1, 0.15) is 12.5 Å². The third kappa shape index (κ3) is 4.45. The van der Waals surface area contributed by atoms with Gasteiger partial charge in [0.2, 0.25) is 0 Å². The fraction of sp³-hybridized carbons (Fsp3) is 0.0250. The zero-order valence-corrected chi connectivity index (χ0v) is 24.8. The average molecular weight is 580 g/mol. The third-order valence-electron chi connectivity index (χ3n) is 8.42. The highest BCUT2D eigenvalue weighted by molar-refractivity contribution is 6.15. The van der Waals surface area contributed by atoms with E-state index in [9.17, 15) is 0 Å². The third-order valence-corrected chi connectivity index (χ3v) is 8.42. The first kappa shape index (κ1) is 26.5. The number of aromatic nitrogens is 4. The molecule has 0 saturated carbocycles. The molecule has 0 saturated heterocycles. The van der Waals surface area contributed by atoms with Crippen LogP contribution in [0.25, 0.3) is 72.1 Å². The minimum atomic E-state index is 0.727. The minimum absolute atomic E-state index is 0.727. The zero-order valence-electron chi connectivity index (χ0n) is 24.8. The lowest BCUT2D eigenvalue weighted by molar-refractivity contribution is 1.15. The van der Waals surface area contributed by atoms with E-state index in [0.717, 1.165) is 77.7 Å². The van der Waals surface area contributed by atoms with Crippen LogP contribution in [0.5, 0.6) is 0 Å². The molecule has 0 N–H and O–H groups in total. The molecule has 4 aromatic heterocycles. The molecule has 8 aromatic rings. The molecule has 0 unspecified atom stereocenters. The van der Waals surface area contributed by atoms with Crippen molar-refractivity contribution in [2.45, 2.75) is 6.92 Å². The molecule has 0 bridgehead atoms. The maximum absolute atomic E-state index is 5.23. The molecule has 5 heteroatoms. The van der Waals surface area contributed by atoms with Gasteiger partial charge in [-0.15, -0.1) is 0 Å². The highest BCUT2D eigenvalue weighted by atomic mass is 15.1. The molecular formula is C40H29N5. The van der Waals surface area contributed by atoms with E-state index >= 15 is 0 Å². The summed E-state index contributed by atoms with van der Waals surface area (Å²) in [6.45, 7) is 6.60. The quantitative estimate of drug-likeness (QED) is 0.184. The Morgan fingerprint density at radius 3 is 1.84 bits per heavy atom. The van der Waals surface area contributed by atoms with E-state index < -0.39 is 0 Å². The molecule has 214 valence electrons. The van der Waals surface area contributed by atoms with Gasteiger partial charge >= 0.3 is 0 Å². The Morgan fingerprint density at radius 2 is 1.16 bits per heavy atom. The topological polar surface area (TPSA) is 48.0 Å². The number of hydrogen-bond acceptors (Lipinski definition) is 3. The summed E-state index contributed by atoms with van der Waals surface area (Å²) in [7, 11) is 0. The number of benzene rings is 4. The van der Waals surface area contributed by atoms with Crippen LogP contribution in [0.15, 0.2) is 151 Å². The molecule has 0 atom stereocenters. The Balaban J connectivity index is 1.35. The second-order valence-electron chi connectivity index (χ2n) is 11.1. The number of allylic oxidation sites excluding steroid dienone is 2. The SMILES string of the molecule is C=C(C=N/C(=C(\C)n1c2ccccc2c2cccnc21)c1cccc(-c2ccccc2)c1)n1c2ccccc2c2cccnc21. The monoisotopic (exact) mass is 579 g/mol. The lowest BCUT2D eigenvalue weighted by atomic mass is 10.0. The first-order valence-electron chi connectivity index (χ1n) is 15.0. The number of rotatable bonds is 6. The highest BCUT2D eigenvalue weighted by Crippen LogP contribution is 2.35. The van der Waals surface area contributed by atoms with E-state index in [2.05, 4.69) is 126 Å². The normalized spacial score (nSPS) is 12.5. The summed E-state index contributed by atoms with van der Waals surface area (Å²) in [5, 5.41) is 4.48. The van der Waals surface area contributed by atoms with Gasteiger partial charge in [-0.2, -0.15) is 0 Å². The van der Waals surface area contributed by atoms with Crippen molar-refractivity contribution < 1.29 is 0 Å². The summed E-state index contributed by atoms with van der Waals surface area (Å²) in [5.41, 5.74) is 9.68. The molecular weight excluding hydrogens is 550 g/mol. The van der Waals surface area contributed by atoms with Crippen LogP contribution in [0.3, 0.4) is 0 Å². The Morgan fingerprint density at radius 1 is 0.600 bits per heavy atom. The van der Waals surface area contributed by atoms with Crippen molar-refractivity contribution in [2.24, 2.45) is 4.99 Å². The molecule has 0 aliphatic rings. The van der Waals surface area contributed by atoms with Crippen LogP contribution in [-0.2, 0) is 0 Å². The van der Waals surface area contributed by atoms with Gasteiger partial charge in [-0.25, -0.2) is 9.97 Å². The van der Waals surface area contributed by atoms with Crippen molar-refractivity contribution in [2.75, 3.05) is 0 Å². The second-order valence-corrected chi connectivity index (χ2v) is 11.1. The number of para-hydroxylation sites is 2. The zero-order chi connectivity index (χ0) is 30.3. The Kier molecular flexibility index (Phi) is 6.42. The van der Waals surface area contributed by atoms with Gasteiger partial charge in [0.25, 0.3) is 0 Å². The molecule has 0 fully saturated rings. The van der Waals surface area contributed by atoms with Gasteiger partial charge in [0.15, 0.2) is 0 Å². The minimum Gasteiger partial charge on any atom is -0.296 e. The van der Waals surface area contributed by atoms with E-state index in [1.807, 2.05) is 42.9 Å². The number of pyridine rings is 2. The van der Waals surface area contributed by atoms with E-state index in [0.29, 0.717) is 0 Å². The number of hydrogen-bond donors (Lipinski definition) is 0. The summed E-state index contributed by atoms with van der Waals surface area (Å²) < 4.78 is 4.31. The molecule has 4 heterocycles. The largest absolute Gasteiger partial charge is 0.296 e. The Bertz CT molecular complexity index is 2350. The van der Waals surface area contributed by atoms with Gasteiger partial charge in [0.05, 0.1) is 28.6 Å². The number of nitrogens with zero attached hydrogens (tertiary/aromatic N) is 5. The van der Waals surface area contributed by atoms with Crippen LogP contribution in [0.4, 0.5) is 0 Å². The van der Waals surface area contributed by atoms with Crippen molar-refractivity contribution in [3.05, 3.63) is 152 Å². The predicted octanol–water partition coefficient (Wildman–Crippen LogP) is 9.95. The van der Waals surface area contributed by atoms with Crippen molar-refractivity contribution in [1.29, 1.82) is 0 Å². The lowest BCUT2D eigenvalue weighted by Crippen LogP contribution is -2.01. The molecule has 45 heavy (non-hydrogen) atoms. The maximum Gasteiger partial charge on any atom is 0.145 e. The van der Waals surface area contributed by atoms with Crippen molar-refractivity contribution >= 4 is 67.2 Å². The van der Waals surface area contributed by atoms with E-state index in [1.54, 1.807) is 0 Å². The Hall–Kier alpha value is -6.07. The van der Waals surface area contributed by atoms with Gasteiger partial charge in [0.1, 0.15) is 11.3 Å². The smallest absolute Gasteiger partial charge is 0.145 e. The van der Waals surface area contributed by atoms with Gasteiger partial charge in [0, 0.05) is 45.2 Å². The number of aliphatic imine (C=N–C) groups is 1. The summed E-state index contributed by atoms with van der Waals surface area (Å²) in [5.74, 6) is 0. The molecule has 0 aliphatic carbocycles. The number of fused-ring (bicyclic) bond motifs is 6. The van der Waals surface area contributed by atoms with E-state index in [1.165, 1.54) is 0 Å². The van der Waals surface area contributed by atoms with Gasteiger partial charge in [-0.3, -0.25) is 14.1 Å². The molecule has 0 amide bonds. The van der Waals surface area contributed by atoms with Crippen LogP contribution in [0.2, 0.25) is 0 Å². The molecule has 8 rings (SSSR count). The van der Waals surface area contributed by atoms with Gasteiger partial charge < -0.3 is 0 Å².